The van der Waals surface area contributed by atoms with Crippen LogP contribution in [0.5, 0.6) is 0 Å². The van der Waals surface area contributed by atoms with Crippen LogP contribution in [0.1, 0.15) is 19.6 Å². The second-order valence-electron chi connectivity index (χ2n) is 4.10. The highest BCUT2D eigenvalue weighted by atomic mass is 16.3. The maximum absolute atomic E-state index is 10.9. The van der Waals surface area contributed by atoms with Crippen LogP contribution in [0.2, 0.25) is 0 Å². The van der Waals surface area contributed by atoms with Gasteiger partial charge < -0.3 is 4.42 Å². The summed E-state index contributed by atoms with van der Waals surface area (Å²) in [4.78, 5) is 10.9. The Morgan fingerprint density at radius 1 is 1.31 bits per heavy atom. The van der Waals surface area contributed by atoms with Gasteiger partial charge in [0.15, 0.2) is 0 Å². The van der Waals surface area contributed by atoms with Crippen LogP contribution in [0.15, 0.2) is 40.3 Å². The standard InChI is InChI=1S/C14H14O2/c1-10(2)12(9-15)8-13-7-11-5-3-4-6-14(11)16-13/h3-10H,1-2H3. The van der Waals surface area contributed by atoms with Gasteiger partial charge in [0, 0.05) is 5.39 Å². The van der Waals surface area contributed by atoms with Crippen molar-refractivity contribution >= 4 is 23.3 Å². The van der Waals surface area contributed by atoms with Gasteiger partial charge in [-0.3, -0.25) is 4.79 Å². The topological polar surface area (TPSA) is 30.2 Å². The van der Waals surface area contributed by atoms with Crippen LogP contribution in [0.25, 0.3) is 17.0 Å². The number of hydrogen-bond donors (Lipinski definition) is 0. The van der Waals surface area contributed by atoms with Crippen molar-refractivity contribution in [3.63, 3.8) is 0 Å². The minimum Gasteiger partial charge on any atom is -0.457 e. The van der Waals surface area contributed by atoms with E-state index in [4.69, 9.17) is 4.42 Å². The van der Waals surface area contributed by atoms with E-state index in [0.29, 0.717) is 0 Å². The van der Waals surface area contributed by atoms with Crippen LogP contribution in [0, 0.1) is 5.92 Å². The Kier molecular flexibility index (Phi) is 2.91. The Labute approximate surface area is 94.6 Å². The first-order chi connectivity index (χ1) is 7.70. The maximum Gasteiger partial charge on any atom is 0.146 e. The van der Waals surface area contributed by atoms with E-state index in [-0.39, 0.29) is 5.92 Å². The molecule has 0 atom stereocenters. The van der Waals surface area contributed by atoms with Gasteiger partial charge in [0.2, 0.25) is 0 Å². The predicted octanol–water partition coefficient (Wildman–Crippen LogP) is 3.67. The monoisotopic (exact) mass is 214 g/mol. The molecule has 0 aliphatic rings. The number of carbonyl (C=O) groups excluding carboxylic acids is 1. The molecule has 0 N–H and O–H groups in total. The lowest BCUT2D eigenvalue weighted by Gasteiger charge is -2.00. The first-order valence-electron chi connectivity index (χ1n) is 5.36. The number of furan rings is 1. The molecule has 2 heteroatoms. The largest absolute Gasteiger partial charge is 0.457 e. The fraction of sp³-hybridized carbons (Fsp3) is 0.214. The van der Waals surface area contributed by atoms with E-state index in [1.165, 1.54) is 0 Å². The number of allylic oxidation sites excluding steroid dienone is 1. The van der Waals surface area contributed by atoms with Gasteiger partial charge in [0.1, 0.15) is 17.6 Å². The lowest BCUT2D eigenvalue weighted by molar-refractivity contribution is -0.105. The highest BCUT2D eigenvalue weighted by Crippen LogP contribution is 2.21. The maximum atomic E-state index is 10.9. The molecule has 1 aromatic heterocycles. The summed E-state index contributed by atoms with van der Waals surface area (Å²) in [5, 5.41) is 1.06. The van der Waals surface area contributed by atoms with E-state index >= 15 is 0 Å². The highest BCUT2D eigenvalue weighted by Gasteiger charge is 2.05. The second kappa shape index (κ2) is 4.35. The van der Waals surface area contributed by atoms with E-state index in [2.05, 4.69) is 0 Å². The summed E-state index contributed by atoms with van der Waals surface area (Å²) >= 11 is 0. The molecule has 1 heterocycles. The summed E-state index contributed by atoms with van der Waals surface area (Å²) in [6.07, 6.45) is 2.69. The van der Waals surface area contributed by atoms with Crippen molar-refractivity contribution in [2.75, 3.05) is 0 Å². The van der Waals surface area contributed by atoms with Crippen LogP contribution in [-0.4, -0.2) is 6.29 Å². The van der Waals surface area contributed by atoms with Crippen molar-refractivity contribution in [1.82, 2.24) is 0 Å². The molecule has 0 aliphatic heterocycles. The average molecular weight is 214 g/mol. The van der Waals surface area contributed by atoms with E-state index in [0.717, 1.165) is 28.6 Å². The number of aldehydes is 1. The summed E-state index contributed by atoms with van der Waals surface area (Å²) in [6, 6.07) is 9.76. The molecule has 2 aromatic rings. The fourth-order valence-electron chi connectivity index (χ4n) is 1.57. The van der Waals surface area contributed by atoms with E-state index < -0.39 is 0 Å². The molecule has 2 nitrogen and oxygen atoms in total. The normalized spacial score (nSPS) is 12.3. The molecule has 2 rings (SSSR count). The molecule has 1 aromatic carbocycles. The van der Waals surface area contributed by atoms with Gasteiger partial charge >= 0.3 is 0 Å². The summed E-state index contributed by atoms with van der Waals surface area (Å²) < 4.78 is 5.62. The van der Waals surface area contributed by atoms with Crippen LogP contribution in [-0.2, 0) is 4.79 Å². The number of carbonyl (C=O) groups is 1. The Bertz CT molecular complexity index is 499. The lowest BCUT2D eigenvalue weighted by Crippen LogP contribution is -1.94. The van der Waals surface area contributed by atoms with Gasteiger partial charge in [-0.05, 0) is 29.7 Å². The quantitative estimate of drug-likeness (QED) is 0.576. The second-order valence-corrected chi connectivity index (χ2v) is 4.10. The Morgan fingerprint density at radius 2 is 2.06 bits per heavy atom. The minimum absolute atomic E-state index is 0.214. The van der Waals surface area contributed by atoms with E-state index in [9.17, 15) is 4.79 Å². The van der Waals surface area contributed by atoms with Crippen LogP contribution >= 0.6 is 0 Å². The van der Waals surface area contributed by atoms with Crippen molar-refractivity contribution in [2.24, 2.45) is 5.92 Å². The van der Waals surface area contributed by atoms with E-state index in [1.807, 2.05) is 44.2 Å². The van der Waals surface area contributed by atoms with Crippen LogP contribution in [0.3, 0.4) is 0 Å². The Balaban J connectivity index is 2.44. The summed E-state index contributed by atoms with van der Waals surface area (Å²) in [5.41, 5.74) is 1.60. The molecule has 82 valence electrons. The zero-order valence-corrected chi connectivity index (χ0v) is 9.44. The van der Waals surface area contributed by atoms with Gasteiger partial charge in [0.25, 0.3) is 0 Å². The Morgan fingerprint density at radius 3 is 2.69 bits per heavy atom. The summed E-state index contributed by atoms with van der Waals surface area (Å²) in [5.74, 6) is 0.947. The molecule has 0 spiro atoms. The molecule has 0 unspecified atom stereocenters. The van der Waals surface area contributed by atoms with Gasteiger partial charge in [-0.1, -0.05) is 32.0 Å². The molecule has 0 amide bonds. The van der Waals surface area contributed by atoms with E-state index in [1.54, 1.807) is 6.08 Å². The van der Waals surface area contributed by atoms with Crippen LogP contribution < -0.4 is 0 Å². The third kappa shape index (κ3) is 2.06. The third-order valence-electron chi connectivity index (χ3n) is 2.56. The SMILES string of the molecule is CC(C)C(C=O)=Cc1cc2ccccc2o1. The minimum atomic E-state index is 0.214. The molecule has 16 heavy (non-hydrogen) atoms. The number of rotatable bonds is 3. The molecule has 0 saturated heterocycles. The summed E-state index contributed by atoms with van der Waals surface area (Å²) in [6.45, 7) is 3.98. The molecule has 0 saturated carbocycles. The summed E-state index contributed by atoms with van der Waals surface area (Å²) in [7, 11) is 0. The number of hydrogen-bond acceptors (Lipinski definition) is 2. The Hall–Kier alpha value is -1.83. The van der Waals surface area contributed by atoms with Crippen molar-refractivity contribution in [3.05, 3.63) is 41.7 Å². The third-order valence-corrected chi connectivity index (χ3v) is 2.56. The molecule has 0 aliphatic carbocycles. The number of para-hydroxylation sites is 1. The van der Waals surface area contributed by atoms with Crippen molar-refractivity contribution in [1.29, 1.82) is 0 Å². The highest BCUT2D eigenvalue weighted by molar-refractivity contribution is 5.85. The van der Waals surface area contributed by atoms with Gasteiger partial charge in [0.05, 0.1) is 0 Å². The van der Waals surface area contributed by atoms with Gasteiger partial charge in [-0.15, -0.1) is 0 Å². The van der Waals surface area contributed by atoms with Gasteiger partial charge in [-0.2, -0.15) is 0 Å². The fourth-order valence-corrected chi connectivity index (χ4v) is 1.57. The molecule has 0 bridgehead atoms. The average Bonchev–Trinajstić information content (AvgIpc) is 2.67. The first-order valence-corrected chi connectivity index (χ1v) is 5.36. The van der Waals surface area contributed by atoms with Crippen molar-refractivity contribution in [3.8, 4) is 0 Å². The van der Waals surface area contributed by atoms with Gasteiger partial charge in [-0.25, -0.2) is 0 Å². The molecular weight excluding hydrogens is 200 g/mol. The van der Waals surface area contributed by atoms with Crippen molar-refractivity contribution in [2.45, 2.75) is 13.8 Å². The van der Waals surface area contributed by atoms with Crippen LogP contribution in [0.4, 0.5) is 0 Å². The van der Waals surface area contributed by atoms with Crippen molar-refractivity contribution < 1.29 is 9.21 Å². The first kappa shape index (κ1) is 10.7. The number of benzene rings is 1. The molecule has 0 fully saturated rings. The molecule has 0 radical (unpaired) electrons. The smallest absolute Gasteiger partial charge is 0.146 e. The lowest BCUT2D eigenvalue weighted by atomic mass is 10.0. The zero-order chi connectivity index (χ0) is 11.5. The predicted molar refractivity (Wildman–Crippen MR) is 65.1 cm³/mol. The molecular formula is C14H14O2. The zero-order valence-electron chi connectivity index (χ0n) is 9.44. The number of fused-ring (bicyclic) bond motifs is 1.